The van der Waals surface area contributed by atoms with Gasteiger partial charge in [0.15, 0.2) is 0 Å². The number of rotatable bonds is 5. The minimum Gasteiger partial charge on any atom is -0.285 e. The molecule has 0 aromatic carbocycles. The largest absolute Gasteiger partial charge is 0.285 e. The van der Waals surface area contributed by atoms with Gasteiger partial charge in [-0.25, -0.2) is 5.06 Å². The average Bonchev–Trinajstić information content (AvgIpc) is 2.29. The number of nitrogens with zero attached hydrogens (tertiary/aromatic N) is 1. The fourth-order valence-electron chi connectivity index (χ4n) is 1.48. The van der Waals surface area contributed by atoms with Crippen LogP contribution in [0.5, 0.6) is 0 Å². The fraction of sp³-hybridized carbons (Fsp3) is 0.769. The van der Waals surface area contributed by atoms with Crippen LogP contribution in [0.15, 0.2) is 12.2 Å². The minimum atomic E-state index is -0.257. The Hall–Kier alpha value is -0.830. The topological polar surface area (TPSA) is 40.5 Å². The standard InChI is InChI=1S/C11H21NO2.C2H6/c1-6-9(5)11(8(3)4)12(14)10(13)7-2;1-2/h9,11,14H,3,6-7H2,1-2,4-5H3;1-2H3. The summed E-state index contributed by atoms with van der Waals surface area (Å²) in [5.41, 5.74) is 0.823. The lowest BCUT2D eigenvalue weighted by Gasteiger charge is -2.30. The molecule has 1 N–H and O–H groups in total. The summed E-state index contributed by atoms with van der Waals surface area (Å²) in [6, 6.07) is -0.257. The van der Waals surface area contributed by atoms with E-state index in [4.69, 9.17) is 0 Å². The van der Waals surface area contributed by atoms with Crippen molar-refractivity contribution in [3.8, 4) is 0 Å². The molecule has 3 heteroatoms. The zero-order valence-electron chi connectivity index (χ0n) is 11.6. The molecule has 2 atom stereocenters. The van der Waals surface area contributed by atoms with Crippen LogP contribution < -0.4 is 0 Å². The molecule has 0 radical (unpaired) electrons. The van der Waals surface area contributed by atoms with Crippen molar-refractivity contribution in [1.29, 1.82) is 0 Å². The summed E-state index contributed by atoms with van der Waals surface area (Å²) in [4.78, 5) is 11.3. The van der Waals surface area contributed by atoms with E-state index in [1.165, 1.54) is 0 Å². The van der Waals surface area contributed by atoms with Gasteiger partial charge >= 0.3 is 0 Å². The Bertz CT molecular complexity index is 214. The third-order valence-corrected chi connectivity index (χ3v) is 2.51. The maximum Gasteiger partial charge on any atom is 0.246 e. The van der Waals surface area contributed by atoms with E-state index in [9.17, 15) is 10.0 Å². The van der Waals surface area contributed by atoms with E-state index in [-0.39, 0.29) is 17.9 Å². The summed E-state index contributed by atoms with van der Waals surface area (Å²) < 4.78 is 0. The van der Waals surface area contributed by atoms with Gasteiger partial charge in [-0.15, -0.1) is 0 Å². The first-order chi connectivity index (χ1) is 7.45. The normalized spacial score (nSPS) is 13.2. The van der Waals surface area contributed by atoms with Gasteiger partial charge in [0.05, 0.1) is 6.04 Å². The average molecular weight is 229 g/mol. The van der Waals surface area contributed by atoms with Crippen molar-refractivity contribution in [2.45, 2.75) is 60.4 Å². The second kappa shape index (κ2) is 9.40. The van der Waals surface area contributed by atoms with Crippen molar-refractivity contribution in [2.75, 3.05) is 0 Å². The molecule has 0 saturated carbocycles. The van der Waals surface area contributed by atoms with E-state index in [1.807, 2.05) is 34.6 Å². The zero-order valence-corrected chi connectivity index (χ0v) is 11.6. The van der Waals surface area contributed by atoms with Crippen LogP contribution in [0, 0.1) is 5.92 Å². The Morgan fingerprint density at radius 2 is 1.81 bits per heavy atom. The van der Waals surface area contributed by atoms with E-state index in [1.54, 1.807) is 6.92 Å². The van der Waals surface area contributed by atoms with E-state index < -0.39 is 0 Å². The van der Waals surface area contributed by atoms with Gasteiger partial charge in [-0.05, 0) is 12.8 Å². The quantitative estimate of drug-likeness (QED) is 0.444. The maximum absolute atomic E-state index is 11.3. The molecular formula is C13H27NO2. The highest BCUT2D eigenvalue weighted by atomic mass is 16.5. The van der Waals surface area contributed by atoms with Gasteiger partial charge in [0.25, 0.3) is 0 Å². The van der Waals surface area contributed by atoms with Gasteiger partial charge in [0, 0.05) is 6.42 Å². The van der Waals surface area contributed by atoms with Gasteiger partial charge in [0.1, 0.15) is 0 Å². The molecular weight excluding hydrogens is 202 g/mol. The van der Waals surface area contributed by atoms with Gasteiger partial charge in [0.2, 0.25) is 5.91 Å². The summed E-state index contributed by atoms with van der Waals surface area (Å²) in [7, 11) is 0. The van der Waals surface area contributed by atoms with Crippen molar-refractivity contribution in [1.82, 2.24) is 5.06 Å². The SMILES string of the molecule is C=C(C)C(C(C)CC)N(O)C(=O)CC.CC. The lowest BCUT2D eigenvalue weighted by Crippen LogP contribution is -2.41. The van der Waals surface area contributed by atoms with Crippen LogP contribution in [-0.2, 0) is 4.79 Å². The van der Waals surface area contributed by atoms with Gasteiger partial charge in [-0.1, -0.05) is 53.2 Å². The van der Waals surface area contributed by atoms with Gasteiger partial charge in [-0.2, -0.15) is 0 Å². The molecule has 0 heterocycles. The number of amides is 1. The Morgan fingerprint density at radius 3 is 2.06 bits per heavy atom. The van der Waals surface area contributed by atoms with Gasteiger partial charge < -0.3 is 0 Å². The highest BCUT2D eigenvalue weighted by molar-refractivity contribution is 5.75. The molecule has 0 aromatic heterocycles. The van der Waals surface area contributed by atoms with Crippen molar-refractivity contribution in [2.24, 2.45) is 5.92 Å². The first-order valence-corrected chi connectivity index (χ1v) is 6.11. The van der Waals surface area contributed by atoms with Crippen LogP contribution in [0.1, 0.15) is 54.4 Å². The summed E-state index contributed by atoms with van der Waals surface area (Å²) in [6.07, 6.45) is 1.22. The molecule has 0 aliphatic carbocycles. The molecule has 16 heavy (non-hydrogen) atoms. The Kier molecular flexibility index (Phi) is 10.3. The van der Waals surface area contributed by atoms with E-state index in [0.717, 1.165) is 17.1 Å². The number of hydroxylamine groups is 2. The van der Waals surface area contributed by atoms with Crippen LogP contribution in [0.4, 0.5) is 0 Å². The van der Waals surface area contributed by atoms with Crippen molar-refractivity contribution in [3.05, 3.63) is 12.2 Å². The number of hydrogen-bond acceptors (Lipinski definition) is 2. The van der Waals surface area contributed by atoms with Crippen LogP contribution in [0.25, 0.3) is 0 Å². The van der Waals surface area contributed by atoms with Crippen LogP contribution in [0.2, 0.25) is 0 Å². The predicted octanol–water partition coefficient (Wildman–Crippen LogP) is 3.63. The van der Waals surface area contributed by atoms with E-state index in [2.05, 4.69) is 6.58 Å². The Labute approximate surface area is 100 Å². The third kappa shape index (κ3) is 5.31. The third-order valence-electron chi connectivity index (χ3n) is 2.51. The molecule has 0 aromatic rings. The molecule has 0 rings (SSSR count). The second-order valence-electron chi connectivity index (χ2n) is 3.77. The fourth-order valence-corrected chi connectivity index (χ4v) is 1.48. The zero-order chi connectivity index (χ0) is 13.3. The van der Waals surface area contributed by atoms with Crippen LogP contribution in [0.3, 0.4) is 0 Å². The number of carbonyl (C=O) groups excluding carboxylic acids is 1. The second-order valence-corrected chi connectivity index (χ2v) is 3.77. The van der Waals surface area contributed by atoms with Crippen molar-refractivity contribution < 1.29 is 10.0 Å². The minimum absolute atomic E-state index is 0.230. The summed E-state index contributed by atoms with van der Waals surface area (Å²) >= 11 is 0. The molecule has 0 aliphatic rings. The van der Waals surface area contributed by atoms with E-state index >= 15 is 0 Å². The van der Waals surface area contributed by atoms with Crippen LogP contribution in [-0.4, -0.2) is 22.2 Å². The summed E-state index contributed by atoms with van der Waals surface area (Å²) in [6.45, 7) is 15.4. The van der Waals surface area contributed by atoms with Gasteiger partial charge in [-0.3, -0.25) is 10.0 Å². The molecule has 0 spiro atoms. The highest BCUT2D eigenvalue weighted by Crippen LogP contribution is 2.20. The molecule has 1 amide bonds. The summed E-state index contributed by atoms with van der Waals surface area (Å²) in [5.74, 6) is -0.0219. The molecule has 3 nitrogen and oxygen atoms in total. The molecule has 0 aliphatic heterocycles. The van der Waals surface area contributed by atoms with E-state index in [0.29, 0.717) is 6.42 Å². The lowest BCUT2D eigenvalue weighted by atomic mass is 9.93. The predicted molar refractivity (Wildman–Crippen MR) is 68.3 cm³/mol. The molecule has 0 bridgehead atoms. The first kappa shape index (κ1) is 17.6. The summed E-state index contributed by atoms with van der Waals surface area (Å²) in [5, 5.41) is 10.5. The first-order valence-electron chi connectivity index (χ1n) is 6.11. The number of carbonyl (C=O) groups is 1. The molecule has 96 valence electrons. The van der Waals surface area contributed by atoms with Crippen molar-refractivity contribution >= 4 is 5.91 Å². The Morgan fingerprint density at radius 1 is 1.38 bits per heavy atom. The van der Waals surface area contributed by atoms with Crippen molar-refractivity contribution in [3.63, 3.8) is 0 Å². The lowest BCUT2D eigenvalue weighted by molar-refractivity contribution is -0.176. The monoisotopic (exact) mass is 229 g/mol. The smallest absolute Gasteiger partial charge is 0.246 e. The molecule has 0 fully saturated rings. The molecule has 0 saturated heterocycles. The molecule has 2 unspecified atom stereocenters. The number of hydrogen-bond donors (Lipinski definition) is 1. The van der Waals surface area contributed by atoms with Crippen LogP contribution >= 0.6 is 0 Å². The maximum atomic E-state index is 11.3. The highest BCUT2D eigenvalue weighted by Gasteiger charge is 2.26. The Balaban J connectivity index is 0.